The van der Waals surface area contributed by atoms with Crippen LogP contribution < -0.4 is 0 Å². The highest BCUT2D eigenvalue weighted by molar-refractivity contribution is 5.25. The van der Waals surface area contributed by atoms with E-state index in [0.717, 1.165) is 55.6 Å². The van der Waals surface area contributed by atoms with E-state index in [9.17, 15) is 0 Å². The molecule has 8 aromatic carbocycles. The van der Waals surface area contributed by atoms with Crippen LogP contribution in [0.3, 0.4) is 0 Å². The molecule has 0 radical (unpaired) electrons. The summed E-state index contributed by atoms with van der Waals surface area (Å²) in [5.74, 6) is 0. The maximum Gasteiger partial charge on any atom is 0.187 e. The van der Waals surface area contributed by atoms with Crippen LogP contribution in [-0.2, 0) is 135 Å². The van der Waals surface area contributed by atoms with Gasteiger partial charge in [0.25, 0.3) is 0 Å². The van der Waals surface area contributed by atoms with Crippen molar-refractivity contribution in [3.63, 3.8) is 0 Å². The number of benzene rings is 8. The summed E-state index contributed by atoms with van der Waals surface area (Å²) in [6.07, 6.45) is -14.4. The first-order valence-corrected chi connectivity index (χ1v) is 32.0. The molecule has 16 heteroatoms. The quantitative estimate of drug-likeness (QED) is 0.0902. The van der Waals surface area contributed by atoms with Crippen LogP contribution in [0.25, 0.3) is 0 Å². The highest BCUT2D eigenvalue weighted by atomic mass is 16.8. The number of fused-ring (bicyclic) bond motifs is 13. The zero-order valence-corrected chi connectivity index (χ0v) is 51.2. The minimum absolute atomic E-state index is 0.0224. The summed E-state index contributed by atoms with van der Waals surface area (Å²) in [5, 5.41) is 0. The summed E-state index contributed by atoms with van der Waals surface area (Å²) in [7, 11) is 0. The van der Waals surface area contributed by atoms with Crippen molar-refractivity contribution < 1.29 is 75.8 Å². The second kappa shape index (κ2) is 30.9. The van der Waals surface area contributed by atoms with Crippen LogP contribution in [-0.4, -0.2) is 112 Å². The smallest absolute Gasteiger partial charge is 0.187 e. The number of hydrogen-bond acceptors (Lipinski definition) is 16. The van der Waals surface area contributed by atoms with E-state index in [2.05, 4.69) is 12.1 Å². The molecule has 0 amide bonds. The second-order valence-electron chi connectivity index (χ2n) is 24.1. The molecule has 4 saturated heterocycles. The summed E-state index contributed by atoms with van der Waals surface area (Å²) in [4.78, 5) is 0. The van der Waals surface area contributed by atoms with Crippen molar-refractivity contribution in [3.8, 4) is 0 Å². The van der Waals surface area contributed by atoms with Crippen LogP contribution in [0.4, 0.5) is 0 Å². The molecule has 14 rings (SSSR count). The van der Waals surface area contributed by atoms with E-state index in [4.69, 9.17) is 75.8 Å². The molecule has 6 aliphatic heterocycles. The van der Waals surface area contributed by atoms with Gasteiger partial charge in [0.15, 0.2) is 25.2 Å². The monoisotopic (exact) mass is 1250 g/mol. The average molecular weight is 1250 g/mol. The Morgan fingerprint density at radius 1 is 0.283 bits per heavy atom. The van der Waals surface area contributed by atoms with Crippen molar-refractivity contribution in [3.05, 3.63) is 286 Å². The predicted molar refractivity (Wildman–Crippen MR) is 336 cm³/mol. The minimum Gasteiger partial charge on any atom is -0.374 e. The van der Waals surface area contributed by atoms with Gasteiger partial charge in [0.05, 0.1) is 79.3 Å². The molecule has 0 saturated carbocycles. The third kappa shape index (κ3) is 15.7. The molecule has 4 fully saturated rings. The van der Waals surface area contributed by atoms with E-state index in [-0.39, 0.29) is 79.3 Å². The molecule has 0 N–H and O–H groups in total. The summed E-state index contributed by atoms with van der Waals surface area (Å²) < 4.78 is 115. The Morgan fingerprint density at radius 2 is 0.652 bits per heavy atom. The van der Waals surface area contributed by atoms with Gasteiger partial charge in [-0.25, -0.2) is 0 Å². The van der Waals surface area contributed by atoms with Crippen molar-refractivity contribution in [2.24, 2.45) is 0 Å². The number of rotatable bonds is 16. The fraction of sp³-hybridized carbons (Fsp3) is 0.368. The fourth-order valence-corrected chi connectivity index (χ4v) is 12.8. The van der Waals surface area contributed by atoms with Gasteiger partial charge in [-0.15, -0.1) is 0 Å². The Hall–Kier alpha value is -6.88. The topological polar surface area (TPSA) is 148 Å². The van der Waals surface area contributed by atoms with Gasteiger partial charge in [0.1, 0.15) is 73.2 Å². The average Bonchev–Trinajstić information content (AvgIpc) is 0.799. The van der Waals surface area contributed by atoms with Crippen LogP contribution in [0, 0.1) is 0 Å². The Labute approximate surface area is 537 Å². The Bertz CT molecular complexity index is 3500. The van der Waals surface area contributed by atoms with Gasteiger partial charge in [-0.2, -0.15) is 0 Å². The molecule has 16 atom stereocenters. The Balaban J connectivity index is 0.882. The number of hydrogen-bond donors (Lipinski definition) is 0. The second-order valence-corrected chi connectivity index (χ2v) is 24.1. The largest absolute Gasteiger partial charge is 0.374 e. The minimum atomic E-state index is -1.21. The third-order valence-electron chi connectivity index (χ3n) is 17.5. The molecule has 6 aliphatic rings. The van der Waals surface area contributed by atoms with E-state index in [1.54, 1.807) is 0 Å². The summed E-state index contributed by atoms with van der Waals surface area (Å²) in [6, 6.07) is 76.4. The van der Waals surface area contributed by atoms with Gasteiger partial charge in [0, 0.05) is 5.56 Å². The summed E-state index contributed by atoms with van der Waals surface area (Å²) in [6.45, 7) is 2.14. The van der Waals surface area contributed by atoms with E-state index in [1.807, 2.05) is 218 Å². The van der Waals surface area contributed by atoms with Gasteiger partial charge in [0.2, 0.25) is 0 Å². The van der Waals surface area contributed by atoms with Crippen LogP contribution >= 0.6 is 0 Å². The van der Waals surface area contributed by atoms with E-state index < -0.39 is 98.4 Å². The Morgan fingerprint density at radius 3 is 1.12 bits per heavy atom. The van der Waals surface area contributed by atoms with Crippen molar-refractivity contribution in [2.75, 3.05) is 19.8 Å². The first-order valence-electron chi connectivity index (χ1n) is 32.0. The van der Waals surface area contributed by atoms with Gasteiger partial charge in [-0.05, 0) is 50.1 Å². The van der Waals surface area contributed by atoms with Crippen LogP contribution in [0.5, 0.6) is 0 Å². The van der Waals surface area contributed by atoms with Crippen molar-refractivity contribution in [2.45, 2.75) is 158 Å². The van der Waals surface area contributed by atoms with Gasteiger partial charge in [-0.3, -0.25) is 0 Å². The molecule has 6 heterocycles. The SMILES string of the molecule is c1ccc(CO[C@H]2O[C@@H]3COCc4cccc(c4)CO[C@@H]4[C@@H](OCc5ccccc5)[C@@H](O[C@H]3[C@H](OCc3ccccc3)[C@H]2OCc2ccccc2)O[C@@H]2COCc3cccc(c3)CO[C@@H]3[C@@H](OCc5ccccc5)[C@@H](O[C@@H]42)O[C@@H]2CO[C@@H](c4ccccc4)O[C@@H]32)cc1. The third-order valence-corrected chi connectivity index (χ3v) is 17.5. The lowest BCUT2D eigenvalue weighted by molar-refractivity contribution is -0.406. The molecule has 0 spiro atoms. The van der Waals surface area contributed by atoms with Crippen molar-refractivity contribution in [1.29, 1.82) is 0 Å². The lowest BCUT2D eigenvalue weighted by Crippen LogP contribution is -2.68. The van der Waals surface area contributed by atoms with Gasteiger partial charge < -0.3 is 75.8 Å². The zero-order chi connectivity index (χ0) is 61.7. The molecule has 478 valence electrons. The highest BCUT2D eigenvalue weighted by Gasteiger charge is 2.58. The predicted octanol–water partition coefficient (Wildman–Crippen LogP) is 11.8. The normalized spacial score (nSPS) is 30.0. The first-order chi connectivity index (χ1) is 45.6. The molecule has 92 heavy (non-hydrogen) atoms. The molecular formula is C76H78O16. The fourth-order valence-electron chi connectivity index (χ4n) is 12.8. The zero-order valence-electron chi connectivity index (χ0n) is 51.2. The van der Waals surface area contributed by atoms with Crippen LogP contribution in [0.15, 0.2) is 231 Å². The lowest BCUT2D eigenvalue weighted by Gasteiger charge is -2.52. The molecule has 0 aliphatic carbocycles. The van der Waals surface area contributed by atoms with E-state index in [0.29, 0.717) is 0 Å². The standard InChI is InChI=1S/C76H78O16/c1-7-21-51(22-8-1)41-79-67-64-61(87-74(85-45-55-29-15-5-16-30-55)70(67)82-42-52-23-9-2-10-24-52)48-77-39-56-31-19-33-58(37-56)46-80-68-65-62(88-75(91-64)71(68)83-43-53-25-11-3-12-26-53)49-78-40-57-32-20-34-59(38-57)47-81-69-66-63(50-86-73(90-66)60-35-17-6-18-36-60)89-76(92-65)72(69)84-44-54-27-13-4-14-28-54/h1-38,61-76H,39-50H2/t61-,62-,63-,64-,65-,66-,67+,68+,69+,70-,71-,72-,73-,74+,75-,76-/m1/s1. The van der Waals surface area contributed by atoms with Crippen molar-refractivity contribution in [1.82, 2.24) is 0 Å². The van der Waals surface area contributed by atoms with Crippen LogP contribution in [0.2, 0.25) is 0 Å². The number of ether oxygens (including phenoxy) is 16. The maximum atomic E-state index is 7.70. The molecule has 0 unspecified atom stereocenters. The molecule has 0 aromatic heterocycles. The Kier molecular flexibility index (Phi) is 21.0. The molecule has 8 aromatic rings. The lowest BCUT2D eigenvalue weighted by atomic mass is 9.94. The van der Waals surface area contributed by atoms with E-state index in [1.165, 1.54) is 0 Å². The van der Waals surface area contributed by atoms with Gasteiger partial charge >= 0.3 is 0 Å². The molecular weight excluding hydrogens is 1170 g/mol. The first kappa shape index (κ1) is 62.6. The van der Waals surface area contributed by atoms with Crippen molar-refractivity contribution >= 4 is 0 Å². The molecule has 16 nitrogen and oxygen atoms in total. The van der Waals surface area contributed by atoms with Gasteiger partial charge in [-0.1, -0.05) is 231 Å². The summed E-state index contributed by atoms with van der Waals surface area (Å²) in [5.41, 5.74) is 9.31. The highest BCUT2D eigenvalue weighted by Crippen LogP contribution is 2.42. The molecule has 8 bridgehead atoms. The van der Waals surface area contributed by atoms with Crippen LogP contribution in [0.1, 0.15) is 61.9 Å². The summed E-state index contributed by atoms with van der Waals surface area (Å²) >= 11 is 0. The van der Waals surface area contributed by atoms with E-state index >= 15 is 0 Å². The maximum absolute atomic E-state index is 7.70.